The number of pyridine rings is 1. The van der Waals surface area contributed by atoms with Crippen LogP contribution in [0, 0.1) is 13.8 Å². The van der Waals surface area contributed by atoms with Gasteiger partial charge in [-0.05, 0) is 51.3 Å². The maximum atomic E-state index is 13.0. The van der Waals surface area contributed by atoms with Gasteiger partial charge in [-0.3, -0.25) is 4.98 Å². The van der Waals surface area contributed by atoms with Gasteiger partial charge in [-0.15, -0.1) is 11.3 Å². The minimum absolute atomic E-state index is 0.0154. The van der Waals surface area contributed by atoms with Crippen LogP contribution in [0.4, 0.5) is 4.79 Å². The molecule has 0 radical (unpaired) electrons. The molecule has 2 atom stereocenters. The summed E-state index contributed by atoms with van der Waals surface area (Å²) in [6, 6.07) is 4.16. The van der Waals surface area contributed by atoms with Crippen LogP contribution >= 0.6 is 11.3 Å². The highest BCUT2D eigenvalue weighted by atomic mass is 32.1. The zero-order chi connectivity index (χ0) is 17.8. The average Bonchev–Trinajstić information content (AvgIpc) is 2.81. The maximum Gasteiger partial charge on any atom is 0.318 e. The van der Waals surface area contributed by atoms with Crippen molar-refractivity contribution in [1.29, 1.82) is 0 Å². The molecule has 1 aliphatic heterocycles. The third-order valence-electron chi connectivity index (χ3n) is 4.78. The van der Waals surface area contributed by atoms with Crippen molar-refractivity contribution in [2.45, 2.75) is 58.5 Å². The first-order chi connectivity index (χ1) is 12.1. The summed E-state index contributed by atoms with van der Waals surface area (Å²) in [4.78, 5) is 24.7. The summed E-state index contributed by atoms with van der Waals surface area (Å²) >= 11 is 1.66. The number of likely N-dealkylation sites (tertiary alicyclic amines) is 1. The number of hydrogen-bond acceptors (Lipinski definition) is 4. The van der Waals surface area contributed by atoms with Gasteiger partial charge in [0.05, 0.1) is 22.8 Å². The molecule has 1 fully saturated rings. The Morgan fingerprint density at radius 1 is 1.28 bits per heavy atom. The van der Waals surface area contributed by atoms with Crippen LogP contribution in [0.15, 0.2) is 24.5 Å². The summed E-state index contributed by atoms with van der Waals surface area (Å²) in [5.41, 5.74) is 2.18. The molecule has 0 aromatic carbocycles. The summed E-state index contributed by atoms with van der Waals surface area (Å²) in [6.07, 6.45) is 8.00. The van der Waals surface area contributed by atoms with E-state index in [0.29, 0.717) is 0 Å². The highest BCUT2D eigenvalue weighted by molar-refractivity contribution is 7.11. The number of rotatable bonds is 3. The molecule has 0 saturated carbocycles. The van der Waals surface area contributed by atoms with Gasteiger partial charge in [0.1, 0.15) is 0 Å². The van der Waals surface area contributed by atoms with Crippen LogP contribution in [0.25, 0.3) is 0 Å². The van der Waals surface area contributed by atoms with Crippen molar-refractivity contribution in [3.8, 4) is 0 Å². The molecule has 3 heterocycles. The molecule has 25 heavy (non-hydrogen) atoms. The van der Waals surface area contributed by atoms with Gasteiger partial charge in [-0.2, -0.15) is 0 Å². The van der Waals surface area contributed by atoms with Gasteiger partial charge in [0.25, 0.3) is 0 Å². The Kier molecular flexibility index (Phi) is 5.68. The molecule has 134 valence electrons. The molecule has 6 heteroatoms. The number of urea groups is 1. The molecular weight excluding hydrogens is 332 g/mol. The second-order valence-electron chi connectivity index (χ2n) is 6.69. The van der Waals surface area contributed by atoms with Gasteiger partial charge >= 0.3 is 6.03 Å². The van der Waals surface area contributed by atoms with E-state index in [1.165, 1.54) is 12.0 Å². The largest absolute Gasteiger partial charge is 0.331 e. The van der Waals surface area contributed by atoms with Gasteiger partial charge in [0, 0.05) is 23.8 Å². The van der Waals surface area contributed by atoms with Crippen LogP contribution in [-0.2, 0) is 0 Å². The summed E-state index contributed by atoms with van der Waals surface area (Å²) < 4.78 is 0. The van der Waals surface area contributed by atoms with Crippen LogP contribution < -0.4 is 5.32 Å². The molecule has 0 aliphatic carbocycles. The molecule has 2 amide bonds. The van der Waals surface area contributed by atoms with Crippen molar-refractivity contribution in [2.75, 3.05) is 6.54 Å². The zero-order valence-corrected chi connectivity index (χ0v) is 16.0. The van der Waals surface area contributed by atoms with Crippen LogP contribution in [0.3, 0.4) is 0 Å². The first-order valence-corrected chi connectivity index (χ1v) is 9.79. The fourth-order valence-electron chi connectivity index (χ4n) is 3.57. The average molecular weight is 359 g/mol. The fraction of sp³-hybridized carbons (Fsp3) is 0.526. The van der Waals surface area contributed by atoms with E-state index < -0.39 is 0 Å². The number of aryl methyl sites for hydroxylation is 2. The number of hydrogen-bond donors (Lipinski definition) is 1. The lowest BCUT2D eigenvalue weighted by Gasteiger charge is -2.31. The third kappa shape index (κ3) is 4.18. The van der Waals surface area contributed by atoms with Crippen LogP contribution in [0.2, 0.25) is 0 Å². The minimum atomic E-state index is -0.0277. The summed E-state index contributed by atoms with van der Waals surface area (Å²) in [5.74, 6) is 0. The molecule has 2 aromatic rings. The van der Waals surface area contributed by atoms with Crippen molar-refractivity contribution >= 4 is 17.4 Å². The number of nitrogens with zero attached hydrogens (tertiary/aromatic N) is 3. The normalized spacial score (nSPS) is 19.3. The van der Waals surface area contributed by atoms with E-state index in [1.54, 1.807) is 11.3 Å². The number of aromatic nitrogens is 2. The molecule has 1 aliphatic rings. The lowest BCUT2D eigenvalue weighted by atomic mass is 10.0. The first-order valence-electron chi connectivity index (χ1n) is 8.97. The maximum absolute atomic E-state index is 13.0. The monoisotopic (exact) mass is 358 g/mol. The number of amides is 2. The lowest BCUT2D eigenvalue weighted by molar-refractivity contribution is 0.173. The molecule has 0 spiro atoms. The fourth-order valence-corrected chi connectivity index (χ4v) is 4.50. The Morgan fingerprint density at radius 3 is 2.72 bits per heavy atom. The van der Waals surface area contributed by atoms with Gasteiger partial charge < -0.3 is 10.2 Å². The van der Waals surface area contributed by atoms with Gasteiger partial charge in [0.15, 0.2) is 0 Å². The SMILES string of the molecule is Cc1nc(C)c([C@@H](C)NC(=O)N2CCCCC[C@H]2c2ccncc2)s1. The van der Waals surface area contributed by atoms with E-state index in [2.05, 4.69) is 15.3 Å². The number of carbonyl (C=O) groups excluding carboxylic acids is 1. The predicted octanol–water partition coefficient (Wildman–Crippen LogP) is 4.54. The van der Waals surface area contributed by atoms with Crippen LogP contribution in [0.1, 0.15) is 65.8 Å². The lowest BCUT2D eigenvalue weighted by Crippen LogP contribution is -2.43. The molecule has 1 N–H and O–H groups in total. The minimum Gasteiger partial charge on any atom is -0.331 e. The van der Waals surface area contributed by atoms with Gasteiger partial charge in [0.2, 0.25) is 0 Å². The van der Waals surface area contributed by atoms with Crippen LogP contribution in [0.5, 0.6) is 0 Å². The first kappa shape index (κ1) is 17.9. The van der Waals surface area contributed by atoms with Crippen LogP contribution in [-0.4, -0.2) is 27.4 Å². The Hall–Kier alpha value is -1.95. The summed E-state index contributed by atoms with van der Waals surface area (Å²) in [6.45, 7) is 6.85. The molecule has 0 bridgehead atoms. The Morgan fingerprint density at radius 2 is 2.04 bits per heavy atom. The van der Waals surface area contributed by atoms with Crippen molar-refractivity contribution in [2.24, 2.45) is 0 Å². The molecule has 0 unspecified atom stereocenters. The van der Waals surface area contributed by atoms with E-state index in [1.807, 2.05) is 50.2 Å². The molecule has 5 nitrogen and oxygen atoms in total. The second kappa shape index (κ2) is 7.95. The van der Waals surface area contributed by atoms with Gasteiger partial charge in [-0.1, -0.05) is 12.8 Å². The number of carbonyl (C=O) groups is 1. The Balaban J connectivity index is 1.77. The van der Waals surface area contributed by atoms with Crippen molar-refractivity contribution < 1.29 is 4.79 Å². The summed E-state index contributed by atoms with van der Waals surface area (Å²) in [5, 5.41) is 4.23. The van der Waals surface area contributed by atoms with Crippen molar-refractivity contribution in [1.82, 2.24) is 20.2 Å². The summed E-state index contributed by atoms with van der Waals surface area (Å²) in [7, 11) is 0. The zero-order valence-electron chi connectivity index (χ0n) is 15.2. The van der Waals surface area contributed by atoms with Gasteiger partial charge in [-0.25, -0.2) is 9.78 Å². The molecule has 2 aromatic heterocycles. The standard InChI is InChI=1S/C19H26N4OS/c1-13-18(25-15(3)21-13)14(2)22-19(24)23-12-6-4-5-7-17(23)16-8-10-20-11-9-16/h8-11,14,17H,4-7,12H2,1-3H3,(H,22,24)/t14-,17+/m1/s1. The second-order valence-corrected chi connectivity index (χ2v) is 7.93. The van der Waals surface area contributed by atoms with Crippen molar-refractivity contribution in [3.05, 3.63) is 45.7 Å². The Labute approximate surface area is 153 Å². The Bertz CT molecular complexity index is 715. The topological polar surface area (TPSA) is 58.1 Å². The highest BCUT2D eigenvalue weighted by Gasteiger charge is 2.28. The molecule has 3 rings (SSSR count). The molecule has 1 saturated heterocycles. The van der Waals surface area contributed by atoms with E-state index in [-0.39, 0.29) is 18.1 Å². The number of thiazole rings is 1. The van der Waals surface area contributed by atoms with E-state index in [0.717, 1.165) is 41.4 Å². The van der Waals surface area contributed by atoms with Crippen molar-refractivity contribution in [3.63, 3.8) is 0 Å². The van der Waals surface area contributed by atoms with E-state index >= 15 is 0 Å². The quantitative estimate of drug-likeness (QED) is 0.876. The number of nitrogens with one attached hydrogen (secondary N) is 1. The highest BCUT2D eigenvalue weighted by Crippen LogP contribution is 2.31. The van der Waals surface area contributed by atoms with E-state index in [9.17, 15) is 4.79 Å². The third-order valence-corrected chi connectivity index (χ3v) is 6.03. The predicted molar refractivity (Wildman–Crippen MR) is 101 cm³/mol. The molecular formula is C19H26N4OS. The van der Waals surface area contributed by atoms with E-state index in [4.69, 9.17) is 0 Å². The smallest absolute Gasteiger partial charge is 0.318 e.